The molecule has 0 amide bonds. The lowest BCUT2D eigenvalue weighted by Gasteiger charge is -2.21. The van der Waals surface area contributed by atoms with Crippen LogP contribution in [0, 0.1) is 5.92 Å². The van der Waals surface area contributed by atoms with Crippen molar-refractivity contribution < 1.29 is 80.2 Å². The van der Waals surface area contributed by atoms with E-state index >= 15 is 0 Å². The molecular weight excluding hydrogens is 1290 g/mol. The number of esters is 4. The molecule has 0 heterocycles. The van der Waals surface area contributed by atoms with Crippen LogP contribution in [0.4, 0.5) is 0 Å². The zero-order valence-electron chi connectivity index (χ0n) is 64.1. The lowest BCUT2D eigenvalue weighted by atomic mass is 10.0. The molecule has 19 heteroatoms. The van der Waals surface area contributed by atoms with E-state index < -0.39 is 97.5 Å². The number of phosphoric acid groups is 2. The van der Waals surface area contributed by atoms with Gasteiger partial charge in [0.05, 0.1) is 26.4 Å². The van der Waals surface area contributed by atoms with Gasteiger partial charge in [-0.3, -0.25) is 37.3 Å². The van der Waals surface area contributed by atoms with Gasteiger partial charge in [0.15, 0.2) is 12.2 Å². The minimum atomic E-state index is -4.97. The van der Waals surface area contributed by atoms with Gasteiger partial charge in [-0.05, 0) is 57.3 Å². The molecule has 5 atom stereocenters. The molecule has 3 N–H and O–H groups in total. The van der Waals surface area contributed by atoms with Crippen LogP contribution in [-0.2, 0) is 65.4 Å². The third-order valence-corrected chi connectivity index (χ3v) is 20.1. The van der Waals surface area contributed by atoms with Gasteiger partial charge in [0, 0.05) is 25.7 Å². The van der Waals surface area contributed by atoms with E-state index in [1.165, 1.54) is 205 Å². The lowest BCUT2D eigenvalue weighted by Crippen LogP contribution is -2.30. The number of hydrogen-bond donors (Lipinski definition) is 3. The number of aliphatic hydroxyl groups excluding tert-OH is 1. The summed E-state index contributed by atoms with van der Waals surface area (Å²) < 4.78 is 68.6. The summed E-state index contributed by atoms with van der Waals surface area (Å²) in [4.78, 5) is 72.9. The normalized spacial score (nSPS) is 14.0. The first-order valence-electron chi connectivity index (χ1n) is 41.0. The van der Waals surface area contributed by atoms with Crippen LogP contribution in [0.15, 0.2) is 24.3 Å². The molecule has 0 aliphatic heterocycles. The Balaban J connectivity index is 5.23. The monoisotopic (exact) mass is 1450 g/mol. The van der Waals surface area contributed by atoms with Gasteiger partial charge in [-0.15, -0.1) is 0 Å². The second-order valence-corrected chi connectivity index (χ2v) is 31.5. The van der Waals surface area contributed by atoms with Crippen LogP contribution in [0.1, 0.15) is 401 Å². The maximum Gasteiger partial charge on any atom is 0.472 e. The third kappa shape index (κ3) is 73.6. The van der Waals surface area contributed by atoms with Crippen molar-refractivity contribution in [1.29, 1.82) is 0 Å². The largest absolute Gasteiger partial charge is 0.472 e. The lowest BCUT2D eigenvalue weighted by molar-refractivity contribution is -0.161. The van der Waals surface area contributed by atoms with Gasteiger partial charge in [-0.25, -0.2) is 9.13 Å². The fourth-order valence-corrected chi connectivity index (χ4v) is 13.4. The molecule has 0 spiro atoms. The number of carbonyl (C=O) groups is 4. The molecule has 0 saturated heterocycles. The topological polar surface area (TPSA) is 237 Å². The maximum absolute atomic E-state index is 13.1. The van der Waals surface area contributed by atoms with Crippen molar-refractivity contribution in [2.45, 2.75) is 419 Å². The quantitative estimate of drug-likeness (QED) is 0.0169. The Morgan fingerprint density at radius 2 is 0.545 bits per heavy atom. The molecule has 0 aromatic rings. The first kappa shape index (κ1) is 96.5. The molecule has 0 radical (unpaired) electrons. The molecule has 17 nitrogen and oxygen atoms in total. The zero-order valence-corrected chi connectivity index (χ0v) is 65.9. The van der Waals surface area contributed by atoms with Crippen LogP contribution < -0.4 is 0 Å². The van der Waals surface area contributed by atoms with Crippen molar-refractivity contribution in [3.63, 3.8) is 0 Å². The van der Waals surface area contributed by atoms with Crippen molar-refractivity contribution in [1.82, 2.24) is 0 Å². The standard InChI is InChI=1S/C80H152O17P2/c1-6-9-12-15-18-21-24-26-28-29-30-31-32-33-34-36-38-40-45-50-55-60-65-79(84)96-75(70-91-78(83)64-59-54-49-44-39-37-35-27-25-22-19-16-13-10-7-2)71-94-98(86,87)92-67-74(81)68-93-99(88,89)95-72-76(69-90-77(82)63-58-53-48-43-23-20-17-14-11-8-3)97-80(85)66-61-56-51-46-41-42-47-52-57-62-73(4)5/h22,25,27,35,73-76,81H,6-21,23-24,26,28-34,36-72H2,1-5H3,(H,86,87)(H,88,89)/b25-22-,35-27-/t74-,75-,76-/m1/s1. The van der Waals surface area contributed by atoms with Gasteiger partial charge < -0.3 is 33.8 Å². The molecule has 0 aliphatic rings. The van der Waals surface area contributed by atoms with Crippen molar-refractivity contribution >= 4 is 39.5 Å². The second kappa shape index (κ2) is 72.5. The van der Waals surface area contributed by atoms with Crippen LogP contribution in [0.2, 0.25) is 0 Å². The molecule has 0 aromatic heterocycles. The van der Waals surface area contributed by atoms with Gasteiger partial charge in [0.25, 0.3) is 0 Å². The summed E-state index contributed by atoms with van der Waals surface area (Å²) in [7, 11) is -9.93. The van der Waals surface area contributed by atoms with Crippen molar-refractivity contribution in [2.24, 2.45) is 5.92 Å². The van der Waals surface area contributed by atoms with E-state index in [0.717, 1.165) is 115 Å². The fourth-order valence-electron chi connectivity index (χ4n) is 11.9. The Morgan fingerprint density at radius 1 is 0.313 bits per heavy atom. The Hall–Kier alpha value is -2.46. The maximum atomic E-state index is 13.1. The van der Waals surface area contributed by atoms with Crippen molar-refractivity contribution in [3.05, 3.63) is 24.3 Å². The number of hydrogen-bond acceptors (Lipinski definition) is 15. The summed E-state index contributed by atoms with van der Waals surface area (Å²) in [5.41, 5.74) is 0. The second-order valence-electron chi connectivity index (χ2n) is 28.6. The van der Waals surface area contributed by atoms with E-state index in [9.17, 15) is 43.2 Å². The summed E-state index contributed by atoms with van der Waals surface area (Å²) in [5.74, 6) is -1.41. The van der Waals surface area contributed by atoms with E-state index in [2.05, 4.69) is 58.9 Å². The van der Waals surface area contributed by atoms with Crippen LogP contribution >= 0.6 is 15.6 Å². The van der Waals surface area contributed by atoms with Crippen molar-refractivity contribution in [2.75, 3.05) is 39.6 Å². The van der Waals surface area contributed by atoms with Crippen LogP contribution in [0.5, 0.6) is 0 Å². The molecule has 0 aliphatic carbocycles. The van der Waals surface area contributed by atoms with Gasteiger partial charge in [-0.1, -0.05) is 348 Å². The molecule has 0 rings (SSSR count). The van der Waals surface area contributed by atoms with Gasteiger partial charge in [0.1, 0.15) is 19.3 Å². The summed E-state index contributed by atoms with van der Waals surface area (Å²) >= 11 is 0. The molecule has 0 bridgehead atoms. The Kier molecular flexibility index (Phi) is 70.7. The highest BCUT2D eigenvalue weighted by Crippen LogP contribution is 2.45. The highest BCUT2D eigenvalue weighted by atomic mass is 31.2. The van der Waals surface area contributed by atoms with Crippen molar-refractivity contribution in [3.8, 4) is 0 Å². The van der Waals surface area contributed by atoms with Crippen LogP contribution in [0.25, 0.3) is 0 Å². The summed E-state index contributed by atoms with van der Waals surface area (Å²) in [6, 6.07) is 0. The number of unbranched alkanes of at least 4 members (excludes halogenated alkanes) is 47. The Bertz CT molecular complexity index is 1990. The van der Waals surface area contributed by atoms with Crippen LogP contribution in [-0.4, -0.2) is 96.7 Å². The van der Waals surface area contributed by atoms with E-state index in [1.807, 2.05) is 0 Å². The van der Waals surface area contributed by atoms with E-state index in [1.54, 1.807) is 0 Å². The molecule has 2 unspecified atom stereocenters. The van der Waals surface area contributed by atoms with Crippen LogP contribution in [0.3, 0.4) is 0 Å². The molecule has 0 saturated carbocycles. The molecule has 0 fully saturated rings. The average molecular weight is 1450 g/mol. The Labute approximate surface area is 605 Å². The number of phosphoric ester groups is 2. The first-order chi connectivity index (χ1) is 48.0. The summed E-state index contributed by atoms with van der Waals surface area (Å²) in [6.07, 6.45) is 66.2. The third-order valence-electron chi connectivity index (χ3n) is 18.2. The summed E-state index contributed by atoms with van der Waals surface area (Å²) in [6.45, 7) is 7.21. The fraction of sp³-hybridized carbons (Fsp3) is 0.900. The van der Waals surface area contributed by atoms with Gasteiger partial charge in [-0.2, -0.15) is 0 Å². The van der Waals surface area contributed by atoms with E-state index in [0.29, 0.717) is 25.7 Å². The molecule has 99 heavy (non-hydrogen) atoms. The van der Waals surface area contributed by atoms with Gasteiger partial charge >= 0.3 is 39.5 Å². The van der Waals surface area contributed by atoms with E-state index in [4.69, 9.17) is 37.0 Å². The highest BCUT2D eigenvalue weighted by molar-refractivity contribution is 7.47. The molecule has 584 valence electrons. The minimum absolute atomic E-state index is 0.102. The SMILES string of the molecule is CCCCCC/C=C\C=C/CCCCCCCC(=O)OC[C@H](COP(=O)(O)OC[C@@H](O)COP(=O)(O)OC[C@@H](COC(=O)CCCCCCCCCCCC)OC(=O)CCCCCCCCCCCC(C)C)OC(=O)CCCCCCCCCCCCCCCCCCCCCCCC. The predicted octanol–water partition coefficient (Wildman–Crippen LogP) is 23.6. The molecule has 0 aromatic carbocycles. The predicted molar refractivity (Wildman–Crippen MR) is 404 cm³/mol. The number of rotatable bonds is 78. The smallest absolute Gasteiger partial charge is 0.462 e. The average Bonchev–Trinajstić information content (AvgIpc) is 1.46. The van der Waals surface area contributed by atoms with E-state index in [-0.39, 0.29) is 25.7 Å². The molecular formula is C80H152O17P2. The number of carbonyl (C=O) groups excluding carboxylic acids is 4. The minimum Gasteiger partial charge on any atom is -0.462 e. The first-order valence-corrected chi connectivity index (χ1v) is 43.9. The number of aliphatic hydroxyl groups is 1. The zero-order chi connectivity index (χ0) is 72.7. The Morgan fingerprint density at radius 3 is 0.828 bits per heavy atom. The number of ether oxygens (including phenoxy) is 4. The number of allylic oxidation sites excluding steroid dienone is 4. The highest BCUT2D eigenvalue weighted by Gasteiger charge is 2.30. The summed E-state index contributed by atoms with van der Waals surface area (Å²) in [5, 5.41) is 10.6. The van der Waals surface area contributed by atoms with Gasteiger partial charge in [0.2, 0.25) is 0 Å².